The quantitative estimate of drug-likeness (QED) is 0.772. The van der Waals surface area contributed by atoms with E-state index in [1.165, 1.54) is 12.7 Å². The largest absolute Gasteiger partial charge is 0.363 e. The maximum atomic E-state index is 4.59. The van der Waals surface area contributed by atoms with Gasteiger partial charge in [0.05, 0.1) is 6.54 Å². The monoisotopic (exact) mass is 191 g/mol. The molecule has 14 heavy (non-hydrogen) atoms. The zero-order chi connectivity index (χ0) is 9.80. The summed E-state index contributed by atoms with van der Waals surface area (Å²) in [5.41, 5.74) is 0.913. The molecule has 2 rings (SSSR count). The highest BCUT2D eigenvalue weighted by Gasteiger charge is 1.98. The lowest BCUT2D eigenvalue weighted by Gasteiger charge is -2.01. The third-order valence-electron chi connectivity index (χ3n) is 1.64. The number of rotatable bonds is 3. The van der Waals surface area contributed by atoms with Gasteiger partial charge < -0.3 is 9.84 Å². The highest BCUT2D eigenvalue weighted by molar-refractivity contribution is 5.34. The summed E-state index contributed by atoms with van der Waals surface area (Å²) in [5, 5.41) is 6.71. The summed E-state index contributed by atoms with van der Waals surface area (Å²) in [4.78, 5) is 11.9. The van der Waals surface area contributed by atoms with Crippen LogP contribution in [-0.2, 0) is 6.54 Å². The van der Waals surface area contributed by atoms with Gasteiger partial charge >= 0.3 is 0 Å². The van der Waals surface area contributed by atoms with E-state index in [2.05, 4.69) is 29.9 Å². The molecule has 1 N–H and O–H groups in total. The van der Waals surface area contributed by atoms with Gasteiger partial charge in [0.25, 0.3) is 0 Å². The van der Waals surface area contributed by atoms with E-state index in [0.29, 0.717) is 12.4 Å². The van der Waals surface area contributed by atoms with E-state index in [-0.39, 0.29) is 0 Å². The molecule has 2 heterocycles. The molecule has 0 spiro atoms. The van der Waals surface area contributed by atoms with E-state index in [4.69, 9.17) is 0 Å². The minimum Gasteiger partial charge on any atom is -0.363 e. The Balaban J connectivity index is 1.98. The summed E-state index contributed by atoms with van der Waals surface area (Å²) in [6, 6.07) is 1.85. The van der Waals surface area contributed by atoms with Gasteiger partial charge in [-0.1, -0.05) is 5.16 Å². The lowest BCUT2D eigenvalue weighted by molar-refractivity contribution is 0.411. The summed E-state index contributed by atoms with van der Waals surface area (Å²) in [6.45, 7) is 2.40. The van der Waals surface area contributed by atoms with Crippen molar-refractivity contribution in [3.05, 3.63) is 30.3 Å². The third-order valence-corrected chi connectivity index (χ3v) is 1.64. The number of anilines is 1. The first-order valence-electron chi connectivity index (χ1n) is 4.12. The number of aryl methyl sites for hydroxylation is 1. The van der Waals surface area contributed by atoms with Crippen LogP contribution in [-0.4, -0.2) is 20.1 Å². The van der Waals surface area contributed by atoms with Gasteiger partial charge in [0, 0.05) is 11.8 Å². The van der Waals surface area contributed by atoms with E-state index in [1.807, 2.05) is 13.0 Å². The molecule has 0 unspecified atom stereocenters. The summed E-state index contributed by atoms with van der Waals surface area (Å²) >= 11 is 0. The van der Waals surface area contributed by atoms with Gasteiger partial charge in [-0.3, -0.25) is 0 Å². The van der Waals surface area contributed by atoms with Gasteiger partial charge in [-0.2, -0.15) is 4.98 Å². The van der Waals surface area contributed by atoms with Gasteiger partial charge in [-0.25, -0.2) is 9.97 Å². The molecule has 6 nitrogen and oxygen atoms in total. The smallest absolute Gasteiger partial charge is 0.213 e. The minimum absolute atomic E-state index is 0.493. The minimum atomic E-state index is 0.493. The van der Waals surface area contributed by atoms with Crippen LogP contribution in [0.3, 0.4) is 0 Å². The Kier molecular flexibility index (Phi) is 2.35. The molecular weight excluding hydrogens is 182 g/mol. The Hall–Kier alpha value is -1.98. The van der Waals surface area contributed by atoms with Crippen LogP contribution in [0.2, 0.25) is 0 Å². The number of nitrogens with one attached hydrogen (secondary N) is 1. The Labute approximate surface area is 80.4 Å². The molecule has 72 valence electrons. The lowest BCUT2D eigenvalue weighted by atomic mass is 10.4. The molecular formula is C8H9N5O. The Morgan fingerprint density at radius 3 is 3.00 bits per heavy atom. The molecule has 0 aliphatic carbocycles. The van der Waals surface area contributed by atoms with Crippen LogP contribution >= 0.6 is 0 Å². The van der Waals surface area contributed by atoms with Gasteiger partial charge in [0.15, 0.2) is 5.82 Å². The van der Waals surface area contributed by atoms with E-state index >= 15 is 0 Å². The fourth-order valence-electron chi connectivity index (χ4n) is 0.991. The molecule has 0 aliphatic rings. The average molecular weight is 191 g/mol. The van der Waals surface area contributed by atoms with Gasteiger partial charge in [0.2, 0.25) is 6.39 Å². The van der Waals surface area contributed by atoms with Gasteiger partial charge in [-0.15, -0.1) is 0 Å². The van der Waals surface area contributed by atoms with Gasteiger partial charge in [0.1, 0.15) is 12.1 Å². The highest BCUT2D eigenvalue weighted by atomic mass is 16.5. The van der Waals surface area contributed by atoms with Crippen LogP contribution in [0.25, 0.3) is 0 Å². The summed E-state index contributed by atoms with van der Waals surface area (Å²) in [5.74, 6) is 1.35. The maximum Gasteiger partial charge on any atom is 0.213 e. The number of aromatic nitrogens is 4. The van der Waals surface area contributed by atoms with Crippen LogP contribution in [0.4, 0.5) is 5.82 Å². The van der Waals surface area contributed by atoms with Crippen molar-refractivity contribution in [3.63, 3.8) is 0 Å². The van der Waals surface area contributed by atoms with E-state index in [9.17, 15) is 0 Å². The lowest BCUT2D eigenvalue weighted by Crippen LogP contribution is -2.03. The predicted octanol–water partition coefficient (Wildman–Crippen LogP) is 0.780. The highest BCUT2D eigenvalue weighted by Crippen LogP contribution is 2.03. The number of hydrogen-bond acceptors (Lipinski definition) is 6. The molecule has 0 aliphatic heterocycles. The first-order chi connectivity index (χ1) is 6.84. The van der Waals surface area contributed by atoms with Crippen molar-refractivity contribution in [3.8, 4) is 0 Å². The molecule has 6 heteroatoms. The standard InChI is InChI=1S/C8H9N5O/c1-6-2-7(11-4-10-6)9-3-8-12-5-14-13-8/h2,4-5H,3H2,1H3,(H,9,10,11). The van der Waals surface area contributed by atoms with Gasteiger partial charge in [-0.05, 0) is 6.92 Å². The van der Waals surface area contributed by atoms with Crippen molar-refractivity contribution >= 4 is 5.82 Å². The maximum absolute atomic E-state index is 4.59. The topological polar surface area (TPSA) is 76.7 Å². The van der Waals surface area contributed by atoms with E-state index < -0.39 is 0 Å². The van der Waals surface area contributed by atoms with Crippen molar-refractivity contribution in [1.29, 1.82) is 0 Å². The van der Waals surface area contributed by atoms with Crippen molar-refractivity contribution < 1.29 is 4.52 Å². The zero-order valence-corrected chi connectivity index (χ0v) is 7.64. The second-order valence-corrected chi connectivity index (χ2v) is 2.75. The van der Waals surface area contributed by atoms with Crippen LogP contribution in [0, 0.1) is 6.92 Å². The molecule has 0 atom stereocenters. The fourth-order valence-corrected chi connectivity index (χ4v) is 0.991. The van der Waals surface area contributed by atoms with Crippen molar-refractivity contribution in [2.45, 2.75) is 13.5 Å². The van der Waals surface area contributed by atoms with Crippen molar-refractivity contribution in [2.24, 2.45) is 0 Å². The molecule has 0 aromatic carbocycles. The molecule has 0 fully saturated rings. The van der Waals surface area contributed by atoms with E-state index in [0.717, 1.165) is 11.5 Å². The molecule has 0 amide bonds. The predicted molar refractivity (Wildman–Crippen MR) is 48.4 cm³/mol. The first-order valence-corrected chi connectivity index (χ1v) is 4.12. The van der Waals surface area contributed by atoms with Crippen molar-refractivity contribution in [2.75, 3.05) is 5.32 Å². The molecule has 2 aromatic heterocycles. The molecule has 0 bridgehead atoms. The Bertz CT molecular complexity index is 400. The molecule has 0 saturated heterocycles. The molecule has 0 radical (unpaired) electrons. The van der Waals surface area contributed by atoms with E-state index in [1.54, 1.807) is 0 Å². The van der Waals surface area contributed by atoms with Crippen LogP contribution < -0.4 is 5.32 Å². The first kappa shape index (κ1) is 8.61. The number of hydrogen-bond donors (Lipinski definition) is 1. The van der Waals surface area contributed by atoms with Crippen molar-refractivity contribution in [1.82, 2.24) is 20.1 Å². The summed E-state index contributed by atoms with van der Waals surface area (Å²) in [6.07, 6.45) is 2.80. The van der Waals surface area contributed by atoms with Crippen LogP contribution in [0.15, 0.2) is 23.3 Å². The normalized spacial score (nSPS) is 10.1. The molecule has 0 saturated carbocycles. The summed E-state index contributed by atoms with van der Waals surface area (Å²) < 4.78 is 4.59. The SMILES string of the molecule is Cc1cc(NCc2ncon2)ncn1. The fraction of sp³-hybridized carbons (Fsp3) is 0.250. The third kappa shape index (κ3) is 2.03. The van der Waals surface area contributed by atoms with Crippen LogP contribution in [0.1, 0.15) is 11.5 Å². The summed E-state index contributed by atoms with van der Waals surface area (Å²) in [7, 11) is 0. The molecule has 2 aromatic rings. The second kappa shape index (κ2) is 3.82. The Morgan fingerprint density at radius 1 is 1.36 bits per heavy atom. The average Bonchev–Trinajstić information content (AvgIpc) is 2.67. The second-order valence-electron chi connectivity index (χ2n) is 2.75. The van der Waals surface area contributed by atoms with Crippen LogP contribution in [0.5, 0.6) is 0 Å². The zero-order valence-electron chi connectivity index (χ0n) is 7.64. The Morgan fingerprint density at radius 2 is 2.29 bits per heavy atom. The number of nitrogens with zero attached hydrogens (tertiary/aromatic N) is 4.